The first-order valence-electron chi connectivity index (χ1n) is 7.22. The number of rotatable bonds is 3. The van der Waals surface area contributed by atoms with Gasteiger partial charge in [-0.2, -0.15) is 0 Å². The van der Waals surface area contributed by atoms with Gasteiger partial charge in [-0.15, -0.1) is 0 Å². The van der Waals surface area contributed by atoms with Gasteiger partial charge in [0.25, 0.3) is 0 Å². The molecule has 2 heterocycles. The first kappa shape index (κ1) is 14.5. The van der Waals surface area contributed by atoms with Crippen molar-refractivity contribution in [3.63, 3.8) is 0 Å². The van der Waals surface area contributed by atoms with Gasteiger partial charge in [-0.05, 0) is 18.6 Å². The molecule has 1 aliphatic heterocycles. The quantitative estimate of drug-likeness (QED) is 0.799. The summed E-state index contributed by atoms with van der Waals surface area (Å²) in [5, 5.41) is 0. The van der Waals surface area contributed by atoms with Crippen LogP contribution in [0, 0.1) is 5.92 Å². The molecule has 7 nitrogen and oxygen atoms in total. The number of hydrogen-bond donors (Lipinski definition) is 2. The number of aromatic nitrogens is 2. The maximum Gasteiger partial charge on any atom is 0.245 e. The number of carbonyl (C=O) groups is 2. The van der Waals surface area contributed by atoms with E-state index in [9.17, 15) is 9.59 Å². The van der Waals surface area contributed by atoms with Crippen LogP contribution in [0.25, 0.3) is 11.0 Å². The molecule has 1 aliphatic rings. The van der Waals surface area contributed by atoms with E-state index >= 15 is 0 Å². The van der Waals surface area contributed by atoms with Crippen LogP contribution in [0.2, 0.25) is 0 Å². The predicted molar refractivity (Wildman–Crippen MR) is 79.6 cm³/mol. The molecule has 1 aromatic carbocycles. The second-order valence-corrected chi connectivity index (χ2v) is 5.35. The van der Waals surface area contributed by atoms with E-state index in [0.29, 0.717) is 25.5 Å². The van der Waals surface area contributed by atoms with E-state index in [1.807, 2.05) is 35.9 Å². The average Bonchev–Trinajstić information content (AvgIpc) is 3.15. The van der Waals surface area contributed by atoms with E-state index in [1.165, 1.54) is 0 Å². The van der Waals surface area contributed by atoms with Crippen molar-refractivity contribution in [3.05, 3.63) is 30.1 Å². The summed E-state index contributed by atoms with van der Waals surface area (Å²) < 4.78 is 7.02. The molecule has 0 radical (unpaired) electrons. The van der Waals surface area contributed by atoms with E-state index < -0.39 is 0 Å². The van der Waals surface area contributed by atoms with Gasteiger partial charge in [-0.3, -0.25) is 20.4 Å². The number of nitrogens with zero attached hydrogens (tertiary/aromatic N) is 2. The van der Waals surface area contributed by atoms with E-state index in [-0.39, 0.29) is 24.2 Å². The lowest BCUT2D eigenvalue weighted by atomic mass is 10.1. The van der Waals surface area contributed by atoms with E-state index in [1.54, 1.807) is 0 Å². The molecule has 1 saturated heterocycles. The number of fused-ring (bicyclic) bond motifs is 1. The maximum atomic E-state index is 12.0. The highest BCUT2D eigenvalue weighted by Crippen LogP contribution is 2.14. The molecule has 2 N–H and O–H groups in total. The number of aryl methyl sites for hydroxylation is 1. The highest BCUT2D eigenvalue weighted by molar-refractivity contribution is 5.85. The summed E-state index contributed by atoms with van der Waals surface area (Å²) in [6, 6.07) is 7.69. The van der Waals surface area contributed by atoms with Crippen LogP contribution in [0.4, 0.5) is 0 Å². The lowest BCUT2D eigenvalue weighted by Gasteiger charge is -2.10. The zero-order valence-corrected chi connectivity index (χ0v) is 12.3. The number of benzene rings is 1. The third-order valence-corrected chi connectivity index (χ3v) is 3.82. The van der Waals surface area contributed by atoms with Crippen molar-refractivity contribution < 1.29 is 14.3 Å². The maximum absolute atomic E-state index is 12.0. The van der Waals surface area contributed by atoms with Gasteiger partial charge < -0.3 is 9.30 Å². The fourth-order valence-electron chi connectivity index (χ4n) is 2.52. The largest absolute Gasteiger partial charge is 0.381 e. The van der Waals surface area contributed by atoms with Crippen molar-refractivity contribution in [2.24, 2.45) is 13.0 Å². The third kappa shape index (κ3) is 2.94. The van der Waals surface area contributed by atoms with Gasteiger partial charge in [-0.25, -0.2) is 4.98 Å². The van der Waals surface area contributed by atoms with Crippen molar-refractivity contribution in [1.82, 2.24) is 20.4 Å². The topological polar surface area (TPSA) is 85.2 Å². The molecule has 1 fully saturated rings. The number of amides is 2. The minimum Gasteiger partial charge on any atom is -0.381 e. The van der Waals surface area contributed by atoms with Gasteiger partial charge in [0, 0.05) is 13.7 Å². The van der Waals surface area contributed by atoms with Gasteiger partial charge in [0.15, 0.2) is 0 Å². The van der Waals surface area contributed by atoms with Gasteiger partial charge in [0.1, 0.15) is 5.82 Å². The van der Waals surface area contributed by atoms with Crippen molar-refractivity contribution in [2.75, 3.05) is 13.2 Å². The summed E-state index contributed by atoms with van der Waals surface area (Å²) in [6.07, 6.45) is 0.791. The molecule has 0 bridgehead atoms. The van der Waals surface area contributed by atoms with Gasteiger partial charge in [0.2, 0.25) is 11.8 Å². The summed E-state index contributed by atoms with van der Waals surface area (Å²) in [4.78, 5) is 28.2. The Morgan fingerprint density at radius 1 is 1.36 bits per heavy atom. The fraction of sp³-hybridized carbons (Fsp3) is 0.400. The molecule has 2 aromatic rings. The van der Waals surface area contributed by atoms with Crippen molar-refractivity contribution in [2.45, 2.75) is 12.8 Å². The molecule has 22 heavy (non-hydrogen) atoms. The van der Waals surface area contributed by atoms with E-state index in [0.717, 1.165) is 11.0 Å². The molecular weight excluding hydrogens is 284 g/mol. The number of ether oxygens (including phenoxy) is 1. The third-order valence-electron chi connectivity index (χ3n) is 3.82. The van der Waals surface area contributed by atoms with Crippen LogP contribution < -0.4 is 10.9 Å². The monoisotopic (exact) mass is 302 g/mol. The van der Waals surface area contributed by atoms with Crippen molar-refractivity contribution in [3.8, 4) is 0 Å². The Labute approximate surface area is 127 Å². The molecule has 1 aromatic heterocycles. The Morgan fingerprint density at radius 3 is 2.91 bits per heavy atom. The Balaban J connectivity index is 1.58. The Bertz CT molecular complexity index is 704. The summed E-state index contributed by atoms with van der Waals surface area (Å²) in [5.41, 5.74) is 6.69. The molecular formula is C15H18N4O3. The van der Waals surface area contributed by atoms with Gasteiger partial charge in [-0.1, -0.05) is 12.1 Å². The first-order chi connectivity index (χ1) is 10.6. The molecule has 116 valence electrons. The molecule has 3 rings (SSSR count). The summed E-state index contributed by atoms with van der Waals surface area (Å²) in [5.74, 6) is -0.0466. The van der Waals surface area contributed by atoms with Crippen LogP contribution in [0.1, 0.15) is 12.2 Å². The second-order valence-electron chi connectivity index (χ2n) is 5.35. The van der Waals surface area contributed by atoms with E-state index in [2.05, 4.69) is 15.8 Å². The van der Waals surface area contributed by atoms with Crippen LogP contribution in [0.5, 0.6) is 0 Å². The zero-order valence-electron chi connectivity index (χ0n) is 12.3. The molecule has 7 heteroatoms. The summed E-state index contributed by atoms with van der Waals surface area (Å²) >= 11 is 0. The molecule has 1 atom stereocenters. The predicted octanol–water partition coefficient (Wildman–Crippen LogP) is 0.300. The highest BCUT2D eigenvalue weighted by atomic mass is 16.5. The zero-order chi connectivity index (χ0) is 15.5. The van der Waals surface area contributed by atoms with Crippen molar-refractivity contribution >= 4 is 22.8 Å². The first-order valence-corrected chi connectivity index (χ1v) is 7.22. The fourth-order valence-corrected chi connectivity index (χ4v) is 2.52. The van der Waals surface area contributed by atoms with Gasteiger partial charge in [0.05, 0.1) is 30.0 Å². The molecule has 0 saturated carbocycles. The highest BCUT2D eigenvalue weighted by Gasteiger charge is 2.23. The average molecular weight is 302 g/mol. The lowest BCUT2D eigenvalue weighted by Crippen LogP contribution is -2.45. The number of para-hydroxylation sites is 2. The Kier molecular flexibility index (Phi) is 4.06. The smallest absolute Gasteiger partial charge is 0.245 e. The number of hydrazine groups is 1. The van der Waals surface area contributed by atoms with Crippen LogP contribution in [-0.2, 0) is 27.8 Å². The van der Waals surface area contributed by atoms with Crippen molar-refractivity contribution in [1.29, 1.82) is 0 Å². The number of imidazole rings is 1. The van der Waals surface area contributed by atoms with Gasteiger partial charge >= 0.3 is 0 Å². The summed E-state index contributed by atoms with van der Waals surface area (Å²) in [6.45, 7) is 0.998. The van der Waals surface area contributed by atoms with Crippen LogP contribution in [-0.4, -0.2) is 34.6 Å². The second kappa shape index (κ2) is 6.15. The molecule has 0 aliphatic carbocycles. The lowest BCUT2D eigenvalue weighted by molar-refractivity contribution is -0.131. The van der Waals surface area contributed by atoms with E-state index in [4.69, 9.17) is 4.74 Å². The summed E-state index contributed by atoms with van der Waals surface area (Å²) in [7, 11) is 1.87. The SMILES string of the molecule is Cn1c(CC(=O)NNC(=O)[C@H]2CCOC2)nc2ccccc21. The molecule has 0 unspecified atom stereocenters. The molecule has 2 amide bonds. The minimum atomic E-state index is -0.300. The minimum absolute atomic E-state index is 0.104. The van der Waals surface area contributed by atoms with Crippen LogP contribution in [0.15, 0.2) is 24.3 Å². The Hall–Kier alpha value is -2.41. The van der Waals surface area contributed by atoms with Crippen LogP contribution >= 0.6 is 0 Å². The number of hydrogen-bond acceptors (Lipinski definition) is 4. The number of carbonyl (C=O) groups excluding carboxylic acids is 2. The molecule has 0 spiro atoms. The number of nitrogens with one attached hydrogen (secondary N) is 2. The normalized spacial score (nSPS) is 17.6. The standard InChI is InChI=1S/C15H18N4O3/c1-19-12-5-3-2-4-11(12)16-13(19)8-14(20)17-18-15(21)10-6-7-22-9-10/h2-5,10H,6-9H2,1H3,(H,17,20)(H,18,21)/t10-/m0/s1. The Morgan fingerprint density at radius 2 is 2.18 bits per heavy atom. The van der Waals surface area contributed by atoms with Crippen LogP contribution in [0.3, 0.4) is 0 Å².